The molecule has 1 aliphatic rings. The number of benzene rings is 1. The number of hydrogen-bond acceptors (Lipinski definition) is 6. The highest BCUT2D eigenvalue weighted by Crippen LogP contribution is 2.28. The van der Waals surface area contributed by atoms with Crippen LogP contribution in [0.15, 0.2) is 48.7 Å². The lowest BCUT2D eigenvalue weighted by Crippen LogP contribution is -2.42. The lowest BCUT2D eigenvalue weighted by atomic mass is 10.1. The number of carbonyl (C=O) groups excluding carboxylic acids is 2. The lowest BCUT2D eigenvalue weighted by molar-refractivity contribution is -0.117. The second kappa shape index (κ2) is 8.96. The lowest BCUT2D eigenvalue weighted by Gasteiger charge is -2.31. The highest BCUT2D eigenvalue weighted by Gasteiger charge is 2.24. The number of para-hydroxylation sites is 1. The summed E-state index contributed by atoms with van der Waals surface area (Å²) in [5.41, 5.74) is 1.46. The van der Waals surface area contributed by atoms with Crippen molar-refractivity contribution in [2.75, 3.05) is 32.1 Å². The zero-order chi connectivity index (χ0) is 20.9. The number of amides is 1. The summed E-state index contributed by atoms with van der Waals surface area (Å²) in [6.07, 6.45) is 3.45. The molecule has 8 nitrogen and oxygen atoms in total. The first-order valence-corrected chi connectivity index (χ1v) is 9.93. The molecule has 0 spiro atoms. The Bertz CT molecular complexity index is 1030. The van der Waals surface area contributed by atoms with Crippen LogP contribution in [0.4, 0.5) is 5.69 Å². The van der Waals surface area contributed by atoms with Crippen LogP contribution in [0.2, 0.25) is 0 Å². The molecule has 1 amide bonds. The third-order valence-corrected chi connectivity index (χ3v) is 5.19. The molecule has 0 unspecified atom stereocenters. The van der Waals surface area contributed by atoms with Gasteiger partial charge < -0.3 is 19.8 Å². The van der Waals surface area contributed by atoms with Crippen molar-refractivity contribution in [1.29, 1.82) is 0 Å². The molecule has 3 aromatic rings. The zero-order valence-corrected chi connectivity index (χ0v) is 16.8. The first-order valence-electron chi connectivity index (χ1n) is 9.93. The van der Waals surface area contributed by atoms with Gasteiger partial charge in [-0.15, -0.1) is 0 Å². The maximum Gasteiger partial charge on any atom is 0.356 e. The van der Waals surface area contributed by atoms with E-state index in [4.69, 9.17) is 9.47 Å². The molecule has 1 fully saturated rings. The number of rotatable bonds is 6. The van der Waals surface area contributed by atoms with E-state index < -0.39 is 5.97 Å². The number of likely N-dealkylation sites (tertiary alicyclic amines) is 1. The molecule has 1 aliphatic heterocycles. The molecular formula is C22H24N4O4. The Balaban J connectivity index is 1.36. The topological polar surface area (TPSA) is 96.5 Å². The summed E-state index contributed by atoms with van der Waals surface area (Å²) in [6, 6.07) is 13.0. The van der Waals surface area contributed by atoms with Crippen molar-refractivity contribution in [3.63, 3.8) is 0 Å². The van der Waals surface area contributed by atoms with Gasteiger partial charge in [0, 0.05) is 36.3 Å². The van der Waals surface area contributed by atoms with E-state index in [9.17, 15) is 9.59 Å². The standard InChI is InChI=1S/C22H24N4O4/c1-29-22(28)21-20(16-6-2-3-7-17(16)24-21)25-18(27)14-26-12-9-15(10-13-26)30-19-8-4-5-11-23-19/h2-8,11,15,24H,9-10,12-14H2,1H3,(H,25,27). The number of fused-ring (bicyclic) bond motifs is 1. The van der Waals surface area contributed by atoms with Gasteiger partial charge in [0.2, 0.25) is 11.8 Å². The first-order chi connectivity index (χ1) is 14.6. The largest absolute Gasteiger partial charge is 0.474 e. The van der Waals surface area contributed by atoms with E-state index in [1.54, 1.807) is 6.20 Å². The van der Waals surface area contributed by atoms with Gasteiger partial charge in [0.25, 0.3) is 0 Å². The normalized spacial score (nSPS) is 15.1. The van der Waals surface area contributed by atoms with Crippen LogP contribution in [0.25, 0.3) is 10.9 Å². The monoisotopic (exact) mass is 408 g/mol. The highest BCUT2D eigenvalue weighted by atomic mass is 16.5. The van der Waals surface area contributed by atoms with Gasteiger partial charge in [-0.1, -0.05) is 24.3 Å². The number of ether oxygens (including phenoxy) is 2. The minimum absolute atomic E-state index is 0.0961. The number of anilines is 1. The second-order valence-corrected chi connectivity index (χ2v) is 7.22. The van der Waals surface area contributed by atoms with Crippen LogP contribution in [0.3, 0.4) is 0 Å². The van der Waals surface area contributed by atoms with E-state index in [-0.39, 0.29) is 24.2 Å². The fourth-order valence-electron chi connectivity index (χ4n) is 3.68. The Morgan fingerprint density at radius 2 is 1.93 bits per heavy atom. The molecule has 8 heteroatoms. The fourth-order valence-corrected chi connectivity index (χ4v) is 3.68. The Hall–Kier alpha value is -3.39. The second-order valence-electron chi connectivity index (χ2n) is 7.22. The first kappa shape index (κ1) is 19.9. The average molecular weight is 408 g/mol. The number of esters is 1. The number of nitrogens with zero attached hydrogens (tertiary/aromatic N) is 2. The van der Waals surface area contributed by atoms with Gasteiger partial charge in [0.1, 0.15) is 11.8 Å². The average Bonchev–Trinajstić information content (AvgIpc) is 3.13. The number of methoxy groups -OCH3 is 1. The van der Waals surface area contributed by atoms with Crippen molar-refractivity contribution in [3.8, 4) is 5.88 Å². The smallest absolute Gasteiger partial charge is 0.356 e. The number of H-pyrrole nitrogens is 1. The predicted octanol–water partition coefficient (Wildman–Crippen LogP) is 2.83. The molecule has 1 saturated heterocycles. The zero-order valence-electron chi connectivity index (χ0n) is 16.8. The van der Waals surface area contributed by atoms with Crippen molar-refractivity contribution >= 4 is 28.5 Å². The molecule has 0 bridgehead atoms. The van der Waals surface area contributed by atoms with E-state index in [1.807, 2.05) is 42.5 Å². The highest BCUT2D eigenvalue weighted by molar-refractivity contribution is 6.11. The number of piperidine rings is 1. The van der Waals surface area contributed by atoms with Crippen LogP contribution in [0.5, 0.6) is 5.88 Å². The Morgan fingerprint density at radius 3 is 2.67 bits per heavy atom. The summed E-state index contributed by atoms with van der Waals surface area (Å²) in [5.74, 6) is -0.0636. The summed E-state index contributed by atoms with van der Waals surface area (Å²) in [5, 5.41) is 3.67. The number of carbonyl (C=O) groups is 2. The summed E-state index contributed by atoms with van der Waals surface area (Å²) in [7, 11) is 1.32. The molecule has 0 saturated carbocycles. The van der Waals surface area contributed by atoms with E-state index in [0.717, 1.165) is 36.8 Å². The van der Waals surface area contributed by atoms with Crippen LogP contribution in [-0.4, -0.2) is 59.6 Å². The third kappa shape index (κ3) is 4.44. The molecule has 2 N–H and O–H groups in total. The van der Waals surface area contributed by atoms with E-state index >= 15 is 0 Å². The molecular weight excluding hydrogens is 384 g/mol. The van der Waals surface area contributed by atoms with Crippen LogP contribution in [-0.2, 0) is 9.53 Å². The maximum absolute atomic E-state index is 12.7. The van der Waals surface area contributed by atoms with Crippen molar-refractivity contribution < 1.29 is 19.1 Å². The molecule has 4 rings (SSSR count). The summed E-state index contributed by atoms with van der Waals surface area (Å²) < 4.78 is 10.8. The molecule has 0 radical (unpaired) electrons. The Morgan fingerprint density at radius 1 is 1.17 bits per heavy atom. The number of aromatic nitrogens is 2. The Kier molecular flexibility index (Phi) is 5.94. The van der Waals surface area contributed by atoms with Crippen LogP contribution >= 0.6 is 0 Å². The number of pyridine rings is 1. The summed E-state index contributed by atoms with van der Waals surface area (Å²) >= 11 is 0. The number of aromatic amines is 1. The molecule has 3 heterocycles. The number of hydrogen-bond donors (Lipinski definition) is 2. The van der Waals surface area contributed by atoms with Gasteiger partial charge in [-0.25, -0.2) is 9.78 Å². The van der Waals surface area contributed by atoms with Gasteiger partial charge in [-0.3, -0.25) is 9.69 Å². The van der Waals surface area contributed by atoms with Gasteiger partial charge in [0.05, 0.1) is 19.3 Å². The van der Waals surface area contributed by atoms with E-state index in [0.29, 0.717) is 11.6 Å². The molecule has 1 aromatic carbocycles. The van der Waals surface area contributed by atoms with Crippen molar-refractivity contribution in [3.05, 3.63) is 54.4 Å². The van der Waals surface area contributed by atoms with Crippen molar-refractivity contribution in [2.24, 2.45) is 0 Å². The fraction of sp³-hybridized carbons (Fsp3) is 0.318. The van der Waals surface area contributed by atoms with Crippen molar-refractivity contribution in [2.45, 2.75) is 18.9 Å². The third-order valence-electron chi connectivity index (χ3n) is 5.19. The summed E-state index contributed by atoms with van der Waals surface area (Å²) in [4.78, 5) is 34.1. The SMILES string of the molecule is COC(=O)c1[nH]c2ccccc2c1NC(=O)CN1CCC(Oc2ccccn2)CC1. The predicted molar refractivity (Wildman–Crippen MR) is 113 cm³/mol. The molecule has 156 valence electrons. The van der Waals surface area contributed by atoms with Gasteiger partial charge in [0.15, 0.2) is 0 Å². The summed E-state index contributed by atoms with van der Waals surface area (Å²) in [6.45, 7) is 1.75. The molecule has 0 atom stereocenters. The minimum Gasteiger partial charge on any atom is -0.474 e. The molecule has 30 heavy (non-hydrogen) atoms. The minimum atomic E-state index is -0.519. The maximum atomic E-state index is 12.7. The molecule has 2 aromatic heterocycles. The van der Waals surface area contributed by atoms with Crippen LogP contribution in [0.1, 0.15) is 23.3 Å². The van der Waals surface area contributed by atoms with E-state index in [2.05, 4.69) is 20.2 Å². The number of nitrogens with one attached hydrogen (secondary N) is 2. The molecule has 0 aliphatic carbocycles. The van der Waals surface area contributed by atoms with Crippen LogP contribution < -0.4 is 10.1 Å². The van der Waals surface area contributed by atoms with Crippen LogP contribution in [0, 0.1) is 0 Å². The van der Waals surface area contributed by atoms with E-state index in [1.165, 1.54) is 7.11 Å². The van der Waals surface area contributed by atoms with Gasteiger partial charge >= 0.3 is 5.97 Å². The van der Waals surface area contributed by atoms with Gasteiger partial charge in [-0.2, -0.15) is 0 Å². The van der Waals surface area contributed by atoms with Gasteiger partial charge in [-0.05, 0) is 25.0 Å². The Labute approximate surface area is 174 Å². The quantitative estimate of drug-likeness (QED) is 0.609. The van der Waals surface area contributed by atoms with Crippen molar-refractivity contribution in [1.82, 2.24) is 14.9 Å².